The SMILES string of the molecule is N#Cc1ncccc1OC1CCC(N)C1. The zero-order chi connectivity index (χ0) is 10.7. The third kappa shape index (κ3) is 2.25. The molecule has 4 nitrogen and oxygen atoms in total. The van der Waals surface area contributed by atoms with Crippen LogP contribution in [0, 0.1) is 11.3 Å². The van der Waals surface area contributed by atoms with Crippen LogP contribution in [0.5, 0.6) is 5.75 Å². The van der Waals surface area contributed by atoms with Crippen molar-refractivity contribution in [3.8, 4) is 11.8 Å². The summed E-state index contributed by atoms with van der Waals surface area (Å²) < 4.78 is 5.70. The highest BCUT2D eigenvalue weighted by molar-refractivity contribution is 5.36. The molecule has 0 aliphatic heterocycles. The molecule has 1 fully saturated rings. The lowest BCUT2D eigenvalue weighted by Gasteiger charge is -2.13. The van der Waals surface area contributed by atoms with Gasteiger partial charge in [0.05, 0.1) is 0 Å². The van der Waals surface area contributed by atoms with Gasteiger partial charge in [-0.15, -0.1) is 0 Å². The van der Waals surface area contributed by atoms with E-state index in [9.17, 15) is 0 Å². The second kappa shape index (κ2) is 4.28. The van der Waals surface area contributed by atoms with Gasteiger partial charge in [-0.3, -0.25) is 0 Å². The predicted molar refractivity (Wildman–Crippen MR) is 55.2 cm³/mol. The smallest absolute Gasteiger partial charge is 0.182 e. The van der Waals surface area contributed by atoms with E-state index in [0.29, 0.717) is 11.4 Å². The summed E-state index contributed by atoms with van der Waals surface area (Å²) in [5.41, 5.74) is 6.13. The van der Waals surface area contributed by atoms with Gasteiger partial charge in [0.2, 0.25) is 0 Å². The number of nitrogens with zero attached hydrogens (tertiary/aromatic N) is 2. The van der Waals surface area contributed by atoms with E-state index in [2.05, 4.69) is 4.98 Å². The van der Waals surface area contributed by atoms with Crippen LogP contribution in [0.1, 0.15) is 25.0 Å². The minimum absolute atomic E-state index is 0.135. The Balaban J connectivity index is 2.08. The topological polar surface area (TPSA) is 71.9 Å². The summed E-state index contributed by atoms with van der Waals surface area (Å²) in [5, 5.41) is 8.83. The molecule has 4 heteroatoms. The third-order valence-electron chi connectivity index (χ3n) is 2.60. The van der Waals surface area contributed by atoms with Gasteiger partial charge in [-0.2, -0.15) is 5.26 Å². The lowest BCUT2D eigenvalue weighted by atomic mass is 10.2. The van der Waals surface area contributed by atoms with Crippen LogP contribution in [0.4, 0.5) is 0 Å². The number of nitriles is 1. The van der Waals surface area contributed by atoms with Gasteiger partial charge < -0.3 is 10.5 Å². The molecule has 1 aliphatic rings. The molecule has 2 unspecified atom stereocenters. The van der Waals surface area contributed by atoms with Gasteiger partial charge in [0.25, 0.3) is 0 Å². The number of hydrogen-bond acceptors (Lipinski definition) is 4. The maximum atomic E-state index is 8.83. The van der Waals surface area contributed by atoms with Gasteiger partial charge in [-0.25, -0.2) is 4.98 Å². The number of aromatic nitrogens is 1. The van der Waals surface area contributed by atoms with E-state index in [-0.39, 0.29) is 12.1 Å². The average Bonchev–Trinajstić information content (AvgIpc) is 2.65. The second-order valence-corrected chi connectivity index (χ2v) is 3.77. The first-order valence-electron chi connectivity index (χ1n) is 5.07. The summed E-state index contributed by atoms with van der Waals surface area (Å²) >= 11 is 0. The molecule has 2 N–H and O–H groups in total. The number of ether oxygens (including phenoxy) is 1. The lowest BCUT2D eigenvalue weighted by Crippen LogP contribution is -2.19. The molecule has 0 bridgehead atoms. The largest absolute Gasteiger partial charge is 0.487 e. The van der Waals surface area contributed by atoms with Gasteiger partial charge in [-0.05, 0) is 31.4 Å². The maximum Gasteiger partial charge on any atom is 0.182 e. The Kier molecular flexibility index (Phi) is 2.84. The fraction of sp³-hybridized carbons (Fsp3) is 0.455. The van der Waals surface area contributed by atoms with Crippen LogP contribution in [0.15, 0.2) is 18.3 Å². The monoisotopic (exact) mass is 203 g/mol. The molecular weight excluding hydrogens is 190 g/mol. The number of hydrogen-bond donors (Lipinski definition) is 1. The highest BCUT2D eigenvalue weighted by atomic mass is 16.5. The maximum absolute atomic E-state index is 8.83. The molecule has 78 valence electrons. The van der Waals surface area contributed by atoms with E-state index in [1.54, 1.807) is 18.3 Å². The summed E-state index contributed by atoms with van der Waals surface area (Å²) in [7, 11) is 0. The average molecular weight is 203 g/mol. The van der Waals surface area contributed by atoms with Crippen molar-refractivity contribution in [2.24, 2.45) is 5.73 Å². The van der Waals surface area contributed by atoms with Crippen LogP contribution < -0.4 is 10.5 Å². The minimum Gasteiger partial charge on any atom is -0.487 e. The standard InChI is InChI=1S/C11H13N3O/c12-7-10-11(2-1-5-14-10)15-9-4-3-8(13)6-9/h1-2,5,8-9H,3-4,6,13H2. The van der Waals surface area contributed by atoms with E-state index < -0.39 is 0 Å². The van der Waals surface area contributed by atoms with Crippen molar-refractivity contribution in [1.82, 2.24) is 4.98 Å². The Bertz CT molecular complexity index is 386. The molecule has 1 saturated carbocycles. The summed E-state index contributed by atoms with van der Waals surface area (Å²) in [6.45, 7) is 0. The van der Waals surface area contributed by atoms with Crippen LogP contribution in [-0.2, 0) is 0 Å². The zero-order valence-electron chi connectivity index (χ0n) is 8.39. The molecule has 2 atom stereocenters. The van der Waals surface area contributed by atoms with Crippen molar-refractivity contribution in [3.05, 3.63) is 24.0 Å². The summed E-state index contributed by atoms with van der Waals surface area (Å²) in [6, 6.07) is 5.79. The molecule has 0 spiro atoms. The quantitative estimate of drug-likeness (QED) is 0.784. The van der Waals surface area contributed by atoms with Crippen LogP contribution in [-0.4, -0.2) is 17.1 Å². The van der Waals surface area contributed by atoms with E-state index >= 15 is 0 Å². The molecule has 2 rings (SSSR count). The Morgan fingerprint density at radius 2 is 2.40 bits per heavy atom. The predicted octanol–water partition coefficient (Wildman–Crippen LogP) is 1.21. The van der Waals surface area contributed by atoms with Crippen LogP contribution >= 0.6 is 0 Å². The normalized spacial score (nSPS) is 24.8. The molecule has 1 aliphatic carbocycles. The lowest BCUT2D eigenvalue weighted by molar-refractivity contribution is 0.207. The molecule has 0 amide bonds. The Morgan fingerprint density at radius 1 is 1.53 bits per heavy atom. The van der Waals surface area contributed by atoms with Crippen molar-refractivity contribution in [1.29, 1.82) is 5.26 Å². The van der Waals surface area contributed by atoms with Crippen LogP contribution in [0.25, 0.3) is 0 Å². The van der Waals surface area contributed by atoms with Crippen molar-refractivity contribution in [2.75, 3.05) is 0 Å². The fourth-order valence-electron chi connectivity index (χ4n) is 1.83. The van der Waals surface area contributed by atoms with Crippen molar-refractivity contribution < 1.29 is 4.74 Å². The summed E-state index contributed by atoms with van der Waals surface area (Å²) in [4.78, 5) is 3.94. The highest BCUT2D eigenvalue weighted by Crippen LogP contribution is 2.24. The van der Waals surface area contributed by atoms with E-state index in [1.807, 2.05) is 6.07 Å². The van der Waals surface area contributed by atoms with Gasteiger partial charge in [0.15, 0.2) is 11.4 Å². The molecule has 0 radical (unpaired) electrons. The highest BCUT2D eigenvalue weighted by Gasteiger charge is 2.23. The molecule has 1 aromatic rings. The van der Waals surface area contributed by atoms with E-state index in [1.165, 1.54) is 0 Å². The van der Waals surface area contributed by atoms with Gasteiger partial charge in [0, 0.05) is 12.2 Å². The molecule has 0 aromatic carbocycles. The zero-order valence-corrected chi connectivity index (χ0v) is 8.39. The number of pyridine rings is 1. The number of rotatable bonds is 2. The van der Waals surface area contributed by atoms with Crippen LogP contribution in [0.3, 0.4) is 0 Å². The first-order valence-corrected chi connectivity index (χ1v) is 5.07. The fourth-order valence-corrected chi connectivity index (χ4v) is 1.83. The number of nitrogens with two attached hydrogens (primary N) is 1. The van der Waals surface area contributed by atoms with Crippen LogP contribution in [0.2, 0.25) is 0 Å². The first kappa shape index (κ1) is 9.94. The molecular formula is C11H13N3O. The van der Waals surface area contributed by atoms with Crippen molar-refractivity contribution in [3.63, 3.8) is 0 Å². The van der Waals surface area contributed by atoms with Crippen molar-refractivity contribution >= 4 is 0 Å². The second-order valence-electron chi connectivity index (χ2n) is 3.77. The third-order valence-corrected chi connectivity index (χ3v) is 2.60. The molecule has 15 heavy (non-hydrogen) atoms. The van der Waals surface area contributed by atoms with Gasteiger partial charge in [-0.1, -0.05) is 0 Å². The molecule has 1 heterocycles. The first-order chi connectivity index (χ1) is 7.29. The Hall–Kier alpha value is -1.60. The minimum atomic E-state index is 0.135. The Morgan fingerprint density at radius 3 is 3.07 bits per heavy atom. The molecule has 0 saturated heterocycles. The van der Waals surface area contributed by atoms with Gasteiger partial charge in [0.1, 0.15) is 12.2 Å². The van der Waals surface area contributed by atoms with Gasteiger partial charge >= 0.3 is 0 Å². The van der Waals surface area contributed by atoms with E-state index in [0.717, 1.165) is 19.3 Å². The summed E-state index contributed by atoms with van der Waals surface area (Å²) in [5.74, 6) is 0.569. The van der Waals surface area contributed by atoms with Crippen molar-refractivity contribution in [2.45, 2.75) is 31.4 Å². The summed E-state index contributed by atoms with van der Waals surface area (Å²) in [6.07, 6.45) is 4.54. The molecule has 1 aromatic heterocycles. The Labute approximate surface area is 88.7 Å². The van der Waals surface area contributed by atoms with E-state index in [4.69, 9.17) is 15.7 Å².